The summed E-state index contributed by atoms with van der Waals surface area (Å²) >= 11 is 0. The van der Waals surface area contributed by atoms with Crippen LogP contribution < -0.4 is 14.8 Å². The molecule has 2 rings (SSSR count). The Morgan fingerprint density at radius 1 is 1.04 bits per heavy atom. The minimum Gasteiger partial charge on any atom is -0.494 e. The van der Waals surface area contributed by atoms with E-state index < -0.39 is 22.0 Å². The molecule has 0 bridgehead atoms. The first-order valence-corrected chi connectivity index (χ1v) is 10.7. The second-order valence-electron chi connectivity index (χ2n) is 7.56. The van der Waals surface area contributed by atoms with Crippen LogP contribution in [0.2, 0.25) is 0 Å². The summed E-state index contributed by atoms with van der Waals surface area (Å²) < 4.78 is 32.9. The van der Waals surface area contributed by atoms with Crippen LogP contribution in [0.3, 0.4) is 0 Å². The first-order chi connectivity index (χ1) is 13.0. The van der Waals surface area contributed by atoms with Gasteiger partial charge in [0.25, 0.3) is 0 Å². The number of sulfonamides is 1. The fraction of sp³-hybridized carbons (Fsp3) is 0.381. The normalized spacial score (nSPS) is 13.0. The van der Waals surface area contributed by atoms with Crippen LogP contribution in [-0.4, -0.2) is 27.0 Å². The molecule has 0 spiro atoms. The van der Waals surface area contributed by atoms with Gasteiger partial charge < -0.3 is 10.1 Å². The quantitative estimate of drug-likeness (QED) is 0.737. The van der Waals surface area contributed by atoms with Gasteiger partial charge in [-0.25, -0.2) is 8.42 Å². The fourth-order valence-corrected chi connectivity index (χ4v) is 3.74. The summed E-state index contributed by atoms with van der Waals surface area (Å²) in [6, 6.07) is 12.7. The summed E-state index contributed by atoms with van der Waals surface area (Å²) in [6.45, 7) is 10.1. The predicted octanol–water partition coefficient (Wildman–Crippen LogP) is 3.69. The lowest BCUT2D eigenvalue weighted by atomic mass is 9.87. The SMILES string of the molecule is CCOc1ccc(NC(=O)[C@H](C)NS(=O)(=O)c2ccc(C(C)(C)C)cc2)cc1. The van der Waals surface area contributed by atoms with Crippen molar-refractivity contribution in [1.29, 1.82) is 0 Å². The summed E-state index contributed by atoms with van der Waals surface area (Å²) in [7, 11) is -3.80. The van der Waals surface area contributed by atoms with E-state index in [2.05, 4.69) is 30.8 Å². The van der Waals surface area contributed by atoms with Gasteiger partial charge in [0.05, 0.1) is 17.5 Å². The average Bonchev–Trinajstić information content (AvgIpc) is 2.62. The summed E-state index contributed by atoms with van der Waals surface area (Å²) in [5.74, 6) is 0.256. The van der Waals surface area contributed by atoms with Crippen molar-refractivity contribution in [2.24, 2.45) is 0 Å². The highest BCUT2D eigenvalue weighted by Gasteiger charge is 2.23. The molecular weight excluding hydrogens is 376 g/mol. The molecule has 0 saturated carbocycles. The molecule has 0 unspecified atom stereocenters. The Balaban J connectivity index is 2.03. The zero-order chi connectivity index (χ0) is 20.9. The maximum atomic E-state index is 12.6. The fourth-order valence-electron chi connectivity index (χ4n) is 2.54. The largest absolute Gasteiger partial charge is 0.494 e. The molecule has 28 heavy (non-hydrogen) atoms. The monoisotopic (exact) mass is 404 g/mol. The lowest BCUT2D eigenvalue weighted by Gasteiger charge is -2.19. The number of ether oxygens (including phenoxy) is 1. The smallest absolute Gasteiger partial charge is 0.242 e. The number of amides is 1. The first-order valence-electron chi connectivity index (χ1n) is 9.19. The van der Waals surface area contributed by atoms with Crippen LogP contribution in [0.25, 0.3) is 0 Å². The van der Waals surface area contributed by atoms with Crippen molar-refractivity contribution < 1.29 is 17.9 Å². The number of hydrogen-bond donors (Lipinski definition) is 2. The summed E-state index contributed by atoms with van der Waals surface area (Å²) in [4.78, 5) is 12.5. The molecule has 2 N–H and O–H groups in total. The second-order valence-corrected chi connectivity index (χ2v) is 9.28. The number of benzene rings is 2. The third-order valence-corrected chi connectivity index (χ3v) is 5.75. The minimum atomic E-state index is -3.80. The highest BCUT2D eigenvalue weighted by atomic mass is 32.2. The van der Waals surface area contributed by atoms with E-state index >= 15 is 0 Å². The van der Waals surface area contributed by atoms with Crippen LogP contribution in [0.1, 0.15) is 40.2 Å². The van der Waals surface area contributed by atoms with E-state index in [1.807, 2.05) is 6.92 Å². The van der Waals surface area contributed by atoms with Gasteiger partial charge in [-0.3, -0.25) is 4.79 Å². The predicted molar refractivity (Wildman–Crippen MR) is 111 cm³/mol. The number of rotatable bonds is 7. The molecule has 6 nitrogen and oxygen atoms in total. The molecule has 0 saturated heterocycles. The molecule has 2 aromatic carbocycles. The van der Waals surface area contributed by atoms with Crippen LogP contribution in [0, 0.1) is 0 Å². The molecule has 0 aromatic heterocycles. The third-order valence-electron chi connectivity index (χ3n) is 4.19. The zero-order valence-corrected chi connectivity index (χ0v) is 17.8. The van der Waals surface area contributed by atoms with E-state index in [1.54, 1.807) is 48.5 Å². The van der Waals surface area contributed by atoms with Gasteiger partial charge in [0.2, 0.25) is 15.9 Å². The standard InChI is InChI=1S/C21H28N2O4S/c1-6-27-18-11-9-17(10-12-18)22-20(24)15(2)23-28(25,26)19-13-7-16(8-14-19)21(3,4)5/h7-15,23H,6H2,1-5H3,(H,22,24)/t15-/m0/s1. The van der Waals surface area contributed by atoms with E-state index in [0.717, 1.165) is 5.56 Å². The van der Waals surface area contributed by atoms with E-state index in [4.69, 9.17) is 4.74 Å². The molecule has 0 aliphatic heterocycles. The van der Waals surface area contributed by atoms with Crippen molar-refractivity contribution in [3.8, 4) is 5.75 Å². The van der Waals surface area contributed by atoms with Crippen molar-refractivity contribution in [1.82, 2.24) is 4.72 Å². The molecule has 0 aliphatic rings. The summed E-state index contributed by atoms with van der Waals surface area (Å²) in [5.41, 5.74) is 1.53. The van der Waals surface area contributed by atoms with Crippen molar-refractivity contribution in [2.75, 3.05) is 11.9 Å². The highest BCUT2D eigenvalue weighted by Crippen LogP contribution is 2.23. The lowest BCUT2D eigenvalue weighted by molar-refractivity contribution is -0.117. The van der Waals surface area contributed by atoms with Crippen molar-refractivity contribution >= 4 is 21.6 Å². The van der Waals surface area contributed by atoms with Gasteiger partial charge >= 0.3 is 0 Å². The Bertz CT molecular complexity index is 899. The van der Waals surface area contributed by atoms with Crippen LogP contribution in [-0.2, 0) is 20.2 Å². The van der Waals surface area contributed by atoms with Crippen LogP contribution in [0.15, 0.2) is 53.4 Å². The van der Waals surface area contributed by atoms with Gasteiger partial charge in [-0.05, 0) is 61.2 Å². The van der Waals surface area contributed by atoms with Crippen LogP contribution in [0.4, 0.5) is 5.69 Å². The number of nitrogens with one attached hydrogen (secondary N) is 2. The molecule has 7 heteroatoms. The molecular formula is C21H28N2O4S. The third kappa shape index (κ3) is 5.81. The Morgan fingerprint density at radius 3 is 2.11 bits per heavy atom. The molecule has 0 heterocycles. The van der Waals surface area contributed by atoms with Crippen LogP contribution >= 0.6 is 0 Å². The molecule has 0 radical (unpaired) electrons. The van der Waals surface area contributed by atoms with Gasteiger partial charge in [0.1, 0.15) is 5.75 Å². The summed E-state index contributed by atoms with van der Waals surface area (Å²) in [6.07, 6.45) is 0. The zero-order valence-electron chi connectivity index (χ0n) is 16.9. The molecule has 2 aromatic rings. The van der Waals surface area contributed by atoms with Crippen molar-refractivity contribution in [3.05, 3.63) is 54.1 Å². The highest BCUT2D eigenvalue weighted by molar-refractivity contribution is 7.89. The number of carbonyl (C=O) groups is 1. The van der Waals surface area contributed by atoms with E-state index in [1.165, 1.54) is 6.92 Å². The lowest BCUT2D eigenvalue weighted by Crippen LogP contribution is -2.41. The number of hydrogen-bond acceptors (Lipinski definition) is 4. The number of carbonyl (C=O) groups excluding carboxylic acids is 1. The van der Waals surface area contributed by atoms with Crippen molar-refractivity contribution in [2.45, 2.75) is 51.0 Å². The van der Waals surface area contributed by atoms with Gasteiger partial charge in [-0.2, -0.15) is 4.72 Å². The maximum absolute atomic E-state index is 12.6. The van der Waals surface area contributed by atoms with Gasteiger partial charge in [0, 0.05) is 5.69 Å². The Labute approximate surface area is 167 Å². The van der Waals surface area contributed by atoms with Crippen molar-refractivity contribution in [3.63, 3.8) is 0 Å². The van der Waals surface area contributed by atoms with Gasteiger partial charge in [-0.1, -0.05) is 32.9 Å². The first kappa shape index (κ1) is 21.9. The topological polar surface area (TPSA) is 84.5 Å². The molecule has 152 valence electrons. The van der Waals surface area contributed by atoms with E-state index in [0.29, 0.717) is 18.0 Å². The number of anilines is 1. The molecule has 1 amide bonds. The molecule has 0 fully saturated rings. The maximum Gasteiger partial charge on any atom is 0.242 e. The molecule has 1 atom stereocenters. The summed E-state index contributed by atoms with van der Waals surface area (Å²) in [5, 5.41) is 2.69. The second kappa shape index (κ2) is 8.75. The molecule has 0 aliphatic carbocycles. The Morgan fingerprint density at radius 2 is 1.61 bits per heavy atom. The Hall–Kier alpha value is -2.38. The van der Waals surface area contributed by atoms with Crippen LogP contribution in [0.5, 0.6) is 5.75 Å². The minimum absolute atomic E-state index is 0.0688. The van der Waals surface area contributed by atoms with E-state index in [9.17, 15) is 13.2 Å². The van der Waals surface area contributed by atoms with Gasteiger partial charge in [-0.15, -0.1) is 0 Å². The Kier molecular flexibility index (Phi) is 6.85. The van der Waals surface area contributed by atoms with Gasteiger partial charge in [0.15, 0.2) is 0 Å². The van der Waals surface area contributed by atoms with E-state index in [-0.39, 0.29) is 10.3 Å². The average molecular weight is 405 g/mol.